The van der Waals surface area contributed by atoms with Crippen molar-refractivity contribution < 1.29 is 18.9 Å². The van der Waals surface area contributed by atoms with E-state index in [0.717, 1.165) is 49.4 Å². The Morgan fingerprint density at radius 1 is 0.720 bits per heavy atom. The van der Waals surface area contributed by atoms with Gasteiger partial charge in [-0.15, -0.1) is 0 Å². The topological polar surface area (TPSA) is 36.9 Å². The van der Waals surface area contributed by atoms with Crippen molar-refractivity contribution in [3.8, 4) is 17.2 Å². The first-order chi connectivity index (χ1) is 12.2. The molecule has 2 fully saturated rings. The highest BCUT2D eigenvalue weighted by atomic mass is 16.7. The number of ether oxygens (including phenoxy) is 4. The van der Waals surface area contributed by atoms with E-state index < -0.39 is 5.79 Å². The second kappa shape index (κ2) is 6.26. The van der Waals surface area contributed by atoms with Crippen LogP contribution in [0.15, 0.2) is 48.5 Å². The van der Waals surface area contributed by atoms with E-state index in [4.69, 9.17) is 18.9 Å². The molecule has 0 aliphatic carbocycles. The van der Waals surface area contributed by atoms with E-state index in [2.05, 4.69) is 12.1 Å². The van der Waals surface area contributed by atoms with Gasteiger partial charge in [0.2, 0.25) is 5.79 Å². The van der Waals surface area contributed by atoms with Crippen molar-refractivity contribution in [2.24, 2.45) is 0 Å². The summed E-state index contributed by atoms with van der Waals surface area (Å²) in [5.41, 5.74) is 0.977. The number of hydrogen-bond acceptors (Lipinski definition) is 4. The molecule has 4 heteroatoms. The van der Waals surface area contributed by atoms with Gasteiger partial charge in [0.15, 0.2) is 0 Å². The van der Waals surface area contributed by atoms with E-state index in [1.165, 1.54) is 5.56 Å². The molecule has 132 valence electrons. The van der Waals surface area contributed by atoms with Crippen LogP contribution >= 0.6 is 0 Å². The molecule has 2 bridgehead atoms. The Kier molecular flexibility index (Phi) is 4.08. The number of methoxy groups -OCH3 is 2. The van der Waals surface area contributed by atoms with Crippen LogP contribution in [0.4, 0.5) is 0 Å². The molecule has 4 rings (SSSR count). The molecule has 0 N–H and O–H groups in total. The Hall–Kier alpha value is -2.20. The number of hydrogen-bond donors (Lipinski definition) is 0. The molecule has 2 atom stereocenters. The monoisotopic (exact) mass is 340 g/mol. The molecule has 4 nitrogen and oxygen atoms in total. The second-order valence-corrected chi connectivity index (χ2v) is 6.87. The first-order valence-electron chi connectivity index (χ1n) is 8.85. The van der Waals surface area contributed by atoms with Crippen molar-refractivity contribution in [3.63, 3.8) is 0 Å². The predicted octanol–water partition coefficient (Wildman–Crippen LogP) is 4.67. The summed E-state index contributed by atoms with van der Waals surface area (Å²) in [7, 11) is 3.35. The van der Waals surface area contributed by atoms with Crippen LogP contribution in [0.25, 0.3) is 0 Å². The second-order valence-electron chi connectivity index (χ2n) is 6.87. The van der Waals surface area contributed by atoms with Gasteiger partial charge in [0.25, 0.3) is 0 Å². The summed E-state index contributed by atoms with van der Waals surface area (Å²) in [6.45, 7) is 0. The van der Waals surface area contributed by atoms with Gasteiger partial charge in [0, 0.05) is 12.8 Å². The molecule has 2 heterocycles. The maximum Gasteiger partial charge on any atom is 0.211 e. The van der Waals surface area contributed by atoms with Crippen molar-refractivity contribution in [2.75, 3.05) is 14.2 Å². The van der Waals surface area contributed by atoms with E-state index in [1.54, 1.807) is 14.2 Å². The van der Waals surface area contributed by atoms with Gasteiger partial charge < -0.3 is 18.9 Å². The Morgan fingerprint density at radius 2 is 1.32 bits per heavy atom. The van der Waals surface area contributed by atoms with E-state index in [0.29, 0.717) is 0 Å². The summed E-state index contributed by atoms with van der Waals surface area (Å²) in [6.07, 6.45) is 4.95. The highest BCUT2D eigenvalue weighted by Crippen LogP contribution is 2.54. The molecule has 2 aromatic carbocycles. The summed E-state index contributed by atoms with van der Waals surface area (Å²) in [5, 5.41) is 0. The molecule has 2 aliphatic heterocycles. The fourth-order valence-corrected chi connectivity index (χ4v) is 4.07. The third-order valence-electron chi connectivity index (χ3n) is 5.41. The molecule has 25 heavy (non-hydrogen) atoms. The van der Waals surface area contributed by atoms with Crippen LogP contribution in [0.2, 0.25) is 0 Å². The van der Waals surface area contributed by atoms with Gasteiger partial charge in [-0.05, 0) is 61.2 Å². The fraction of sp³-hybridized carbons (Fsp3) is 0.429. The van der Waals surface area contributed by atoms with Crippen LogP contribution in [0.1, 0.15) is 37.7 Å². The molecule has 0 aromatic heterocycles. The third kappa shape index (κ3) is 2.95. The summed E-state index contributed by atoms with van der Waals surface area (Å²) in [5.74, 6) is 2.00. The highest BCUT2D eigenvalue weighted by Gasteiger charge is 2.54. The molecule has 0 amide bonds. The van der Waals surface area contributed by atoms with Crippen molar-refractivity contribution in [3.05, 3.63) is 54.1 Å². The standard InChI is InChI=1S/C21H24O4/c1-22-17-6-4-16(5-7-17)20-12-3-13-21(25-20,15-14-20)24-19-10-8-18(23-2)9-11-19/h4-11H,3,12-15H2,1-2H3/t20-,21+/m1/s1. The van der Waals surface area contributed by atoms with Gasteiger partial charge >= 0.3 is 0 Å². The normalized spacial score (nSPS) is 27.8. The van der Waals surface area contributed by atoms with Crippen LogP contribution in [-0.4, -0.2) is 20.0 Å². The average Bonchev–Trinajstić information content (AvgIpc) is 2.93. The lowest BCUT2D eigenvalue weighted by atomic mass is 9.87. The highest BCUT2D eigenvalue weighted by molar-refractivity contribution is 5.34. The Morgan fingerprint density at radius 3 is 1.96 bits per heavy atom. The van der Waals surface area contributed by atoms with Gasteiger partial charge in [0.1, 0.15) is 17.2 Å². The first kappa shape index (κ1) is 16.3. The Labute approximate surface area is 148 Å². The molecular weight excluding hydrogens is 316 g/mol. The van der Waals surface area contributed by atoms with Crippen LogP contribution in [0.5, 0.6) is 17.2 Å². The lowest BCUT2D eigenvalue weighted by Gasteiger charge is -2.40. The number of benzene rings is 2. The first-order valence-corrected chi connectivity index (χ1v) is 8.85. The number of fused-ring (bicyclic) bond motifs is 2. The lowest BCUT2D eigenvalue weighted by molar-refractivity contribution is -0.237. The van der Waals surface area contributed by atoms with Crippen molar-refractivity contribution in [1.82, 2.24) is 0 Å². The third-order valence-corrected chi connectivity index (χ3v) is 5.41. The molecule has 0 radical (unpaired) electrons. The largest absolute Gasteiger partial charge is 0.497 e. The zero-order valence-electron chi connectivity index (χ0n) is 14.8. The van der Waals surface area contributed by atoms with Gasteiger partial charge in [-0.25, -0.2) is 0 Å². The zero-order valence-corrected chi connectivity index (χ0v) is 14.8. The molecule has 2 aromatic rings. The molecule has 0 saturated carbocycles. The minimum Gasteiger partial charge on any atom is -0.497 e. The molecule has 2 saturated heterocycles. The minimum atomic E-state index is -0.521. The van der Waals surface area contributed by atoms with E-state index in [9.17, 15) is 0 Å². The van der Waals surface area contributed by atoms with Crippen molar-refractivity contribution in [1.29, 1.82) is 0 Å². The molecule has 0 unspecified atom stereocenters. The summed E-state index contributed by atoms with van der Waals surface area (Å²) < 4.78 is 23.4. The van der Waals surface area contributed by atoms with E-state index in [-0.39, 0.29) is 5.60 Å². The zero-order chi connectivity index (χ0) is 17.3. The van der Waals surface area contributed by atoms with Crippen LogP contribution in [0, 0.1) is 0 Å². The van der Waals surface area contributed by atoms with E-state index in [1.807, 2.05) is 36.4 Å². The molecule has 2 aliphatic rings. The van der Waals surface area contributed by atoms with Crippen LogP contribution < -0.4 is 14.2 Å². The maximum atomic E-state index is 6.60. The fourth-order valence-electron chi connectivity index (χ4n) is 4.07. The van der Waals surface area contributed by atoms with Crippen LogP contribution in [-0.2, 0) is 10.3 Å². The SMILES string of the molecule is COc1ccc(O[C@]23CCC[C@](c4ccc(OC)cc4)(CC2)O3)cc1. The Balaban J connectivity index is 1.55. The summed E-state index contributed by atoms with van der Waals surface area (Å²) >= 11 is 0. The molecule has 0 spiro atoms. The van der Waals surface area contributed by atoms with Crippen LogP contribution in [0.3, 0.4) is 0 Å². The Bertz CT molecular complexity index is 725. The molecular formula is C21H24O4. The maximum absolute atomic E-state index is 6.60. The minimum absolute atomic E-state index is 0.239. The smallest absolute Gasteiger partial charge is 0.211 e. The van der Waals surface area contributed by atoms with Crippen molar-refractivity contribution >= 4 is 0 Å². The quantitative estimate of drug-likeness (QED) is 0.793. The van der Waals surface area contributed by atoms with Gasteiger partial charge in [-0.3, -0.25) is 0 Å². The average molecular weight is 340 g/mol. The number of rotatable bonds is 5. The van der Waals surface area contributed by atoms with Gasteiger partial charge in [-0.2, -0.15) is 0 Å². The van der Waals surface area contributed by atoms with Crippen molar-refractivity contribution in [2.45, 2.75) is 43.5 Å². The van der Waals surface area contributed by atoms with Gasteiger partial charge in [0.05, 0.1) is 19.8 Å². The van der Waals surface area contributed by atoms with E-state index >= 15 is 0 Å². The predicted molar refractivity (Wildman–Crippen MR) is 95.2 cm³/mol. The lowest BCUT2D eigenvalue weighted by Crippen LogP contribution is -2.42. The van der Waals surface area contributed by atoms with Gasteiger partial charge in [-0.1, -0.05) is 12.1 Å². The summed E-state index contributed by atoms with van der Waals surface area (Å²) in [4.78, 5) is 0. The summed E-state index contributed by atoms with van der Waals surface area (Å²) in [6, 6.07) is 16.0.